The number of carbonyl (C=O) groups is 1. The topological polar surface area (TPSA) is 39.4 Å². The molecule has 1 atom stereocenters. The second kappa shape index (κ2) is 12.3. The molecule has 1 aromatic rings. The molecule has 3 heteroatoms. The Kier molecular flexibility index (Phi) is 10.5. The van der Waals surface area contributed by atoms with E-state index in [2.05, 4.69) is 13.8 Å². The SMILES string of the molecule is CCCCCCCCCC(CCCC)OC(=O)c1ccco1. The Hall–Kier alpha value is -1.25. The molecule has 22 heavy (non-hydrogen) atoms. The lowest BCUT2D eigenvalue weighted by Crippen LogP contribution is -2.18. The predicted molar refractivity (Wildman–Crippen MR) is 90.0 cm³/mol. The van der Waals surface area contributed by atoms with Gasteiger partial charge < -0.3 is 9.15 Å². The Balaban J connectivity index is 2.23. The van der Waals surface area contributed by atoms with Gasteiger partial charge in [0.1, 0.15) is 6.10 Å². The minimum Gasteiger partial charge on any atom is -0.457 e. The van der Waals surface area contributed by atoms with Crippen LogP contribution in [0.2, 0.25) is 0 Å². The third kappa shape index (κ3) is 8.26. The van der Waals surface area contributed by atoms with Crippen molar-refractivity contribution in [1.29, 1.82) is 0 Å². The first-order chi connectivity index (χ1) is 10.8. The quantitative estimate of drug-likeness (QED) is 0.325. The van der Waals surface area contributed by atoms with E-state index in [4.69, 9.17) is 9.15 Å². The van der Waals surface area contributed by atoms with Crippen LogP contribution >= 0.6 is 0 Å². The summed E-state index contributed by atoms with van der Waals surface area (Å²) in [5.41, 5.74) is 0. The summed E-state index contributed by atoms with van der Waals surface area (Å²) in [6.07, 6.45) is 14.7. The Morgan fingerprint density at radius 1 is 1.00 bits per heavy atom. The molecule has 0 radical (unpaired) electrons. The van der Waals surface area contributed by atoms with Gasteiger partial charge in [0.15, 0.2) is 0 Å². The third-order valence-corrected chi connectivity index (χ3v) is 4.01. The molecule has 0 aliphatic heterocycles. The van der Waals surface area contributed by atoms with E-state index in [1.807, 2.05) is 0 Å². The zero-order valence-corrected chi connectivity index (χ0v) is 14.3. The van der Waals surface area contributed by atoms with Crippen LogP contribution in [-0.4, -0.2) is 12.1 Å². The molecule has 3 nitrogen and oxygen atoms in total. The van der Waals surface area contributed by atoms with Crippen LogP contribution in [-0.2, 0) is 4.74 Å². The molecule has 0 N–H and O–H groups in total. The number of hydrogen-bond donors (Lipinski definition) is 0. The molecule has 0 fully saturated rings. The first kappa shape index (κ1) is 18.8. The van der Waals surface area contributed by atoms with Crippen LogP contribution in [0.5, 0.6) is 0 Å². The van der Waals surface area contributed by atoms with Crippen molar-refractivity contribution in [3.8, 4) is 0 Å². The first-order valence-electron chi connectivity index (χ1n) is 9.02. The molecule has 0 saturated heterocycles. The molecule has 0 bridgehead atoms. The van der Waals surface area contributed by atoms with E-state index in [1.54, 1.807) is 12.1 Å². The highest BCUT2D eigenvalue weighted by Crippen LogP contribution is 2.17. The molecule has 0 aromatic carbocycles. The normalized spacial score (nSPS) is 12.3. The van der Waals surface area contributed by atoms with Gasteiger partial charge >= 0.3 is 5.97 Å². The fourth-order valence-electron chi connectivity index (χ4n) is 2.63. The molecule has 1 aromatic heterocycles. The van der Waals surface area contributed by atoms with Gasteiger partial charge in [-0.1, -0.05) is 65.2 Å². The van der Waals surface area contributed by atoms with Crippen molar-refractivity contribution in [2.45, 2.75) is 90.6 Å². The minimum absolute atomic E-state index is 0.0354. The largest absolute Gasteiger partial charge is 0.457 e. The van der Waals surface area contributed by atoms with Crippen molar-refractivity contribution in [3.05, 3.63) is 24.2 Å². The van der Waals surface area contributed by atoms with Crippen molar-refractivity contribution in [3.63, 3.8) is 0 Å². The van der Waals surface area contributed by atoms with Crippen LogP contribution in [0.1, 0.15) is 95.0 Å². The second-order valence-electron chi connectivity index (χ2n) is 6.06. The number of unbranched alkanes of at least 4 members (excludes halogenated alkanes) is 7. The Morgan fingerprint density at radius 3 is 2.27 bits per heavy atom. The zero-order valence-electron chi connectivity index (χ0n) is 14.3. The average Bonchev–Trinajstić information content (AvgIpc) is 3.05. The highest BCUT2D eigenvalue weighted by Gasteiger charge is 2.17. The number of carbonyl (C=O) groups excluding carboxylic acids is 1. The highest BCUT2D eigenvalue weighted by molar-refractivity contribution is 5.86. The monoisotopic (exact) mass is 308 g/mol. The van der Waals surface area contributed by atoms with Crippen molar-refractivity contribution in [2.75, 3.05) is 0 Å². The maximum absolute atomic E-state index is 12.0. The number of rotatable bonds is 13. The molecule has 0 aliphatic carbocycles. The van der Waals surface area contributed by atoms with Gasteiger partial charge in [0.05, 0.1) is 6.26 Å². The summed E-state index contributed by atoms with van der Waals surface area (Å²) < 4.78 is 10.7. The van der Waals surface area contributed by atoms with E-state index in [0.29, 0.717) is 5.76 Å². The van der Waals surface area contributed by atoms with Crippen molar-refractivity contribution in [2.24, 2.45) is 0 Å². The predicted octanol–water partition coefficient (Wildman–Crippen LogP) is 6.14. The Labute approximate surface area is 135 Å². The number of hydrogen-bond acceptors (Lipinski definition) is 3. The van der Waals surface area contributed by atoms with E-state index in [-0.39, 0.29) is 12.1 Å². The van der Waals surface area contributed by atoms with Crippen LogP contribution < -0.4 is 0 Å². The van der Waals surface area contributed by atoms with Crippen molar-refractivity contribution < 1.29 is 13.9 Å². The lowest BCUT2D eigenvalue weighted by molar-refractivity contribution is 0.0215. The number of ether oxygens (including phenoxy) is 1. The molecule has 1 rings (SSSR count). The smallest absolute Gasteiger partial charge is 0.374 e. The zero-order chi connectivity index (χ0) is 16.0. The van der Waals surface area contributed by atoms with Crippen LogP contribution in [0.3, 0.4) is 0 Å². The summed E-state index contributed by atoms with van der Waals surface area (Å²) in [6, 6.07) is 3.38. The first-order valence-corrected chi connectivity index (χ1v) is 9.02. The summed E-state index contributed by atoms with van der Waals surface area (Å²) in [5.74, 6) is -0.0184. The van der Waals surface area contributed by atoms with Gasteiger partial charge in [-0.25, -0.2) is 4.79 Å². The molecule has 0 aliphatic rings. The van der Waals surface area contributed by atoms with Gasteiger partial charge in [-0.05, 0) is 31.4 Å². The van der Waals surface area contributed by atoms with E-state index in [1.165, 1.54) is 44.8 Å². The molecular weight excluding hydrogens is 276 g/mol. The number of furan rings is 1. The average molecular weight is 308 g/mol. The van der Waals surface area contributed by atoms with E-state index in [0.717, 1.165) is 32.1 Å². The van der Waals surface area contributed by atoms with E-state index < -0.39 is 0 Å². The second-order valence-corrected chi connectivity index (χ2v) is 6.06. The summed E-state index contributed by atoms with van der Waals surface area (Å²) in [7, 11) is 0. The maximum atomic E-state index is 12.0. The van der Waals surface area contributed by atoms with Gasteiger partial charge in [0.25, 0.3) is 0 Å². The fraction of sp³-hybridized carbons (Fsp3) is 0.737. The summed E-state index contributed by atoms with van der Waals surface area (Å²) in [5, 5.41) is 0. The molecule has 0 spiro atoms. The standard InChI is InChI=1S/C19H32O3/c1-3-5-7-8-9-10-11-14-17(13-6-4-2)22-19(20)18-15-12-16-21-18/h12,15-17H,3-11,13-14H2,1-2H3. The third-order valence-electron chi connectivity index (χ3n) is 4.01. The van der Waals surface area contributed by atoms with Crippen LogP contribution in [0, 0.1) is 0 Å². The van der Waals surface area contributed by atoms with Crippen molar-refractivity contribution >= 4 is 5.97 Å². The van der Waals surface area contributed by atoms with Gasteiger partial charge in [-0.3, -0.25) is 0 Å². The lowest BCUT2D eigenvalue weighted by Gasteiger charge is -2.17. The molecular formula is C19H32O3. The molecule has 1 unspecified atom stereocenters. The number of esters is 1. The van der Waals surface area contributed by atoms with E-state index in [9.17, 15) is 4.79 Å². The van der Waals surface area contributed by atoms with Gasteiger partial charge in [0.2, 0.25) is 5.76 Å². The van der Waals surface area contributed by atoms with Crippen molar-refractivity contribution in [1.82, 2.24) is 0 Å². The van der Waals surface area contributed by atoms with Crippen LogP contribution in [0.25, 0.3) is 0 Å². The Bertz CT molecular complexity index is 370. The summed E-state index contributed by atoms with van der Waals surface area (Å²) in [4.78, 5) is 12.0. The lowest BCUT2D eigenvalue weighted by atomic mass is 10.0. The molecule has 0 saturated carbocycles. The highest BCUT2D eigenvalue weighted by atomic mass is 16.6. The van der Waals surface area contributed by atoms with Crippen LogP contribution in [0.15, 0.2) is 22.8 Å². The molecule has 126 valence electrons. The molecule has 1 heterocycles. The van der Waals surface area contributed by atoms with E-state index >= 15 is 0 Å². The summed E-state index contributed by atoms with van der Waals surface area (Å²) >= 11 is 0. The fourth-order valence-corrected chi connectivity index (χ4v) is 2.63. The maximum Gasteiger partial charge on any atom is 0.374 e. The van der Waals surface area contributed by atoms with Gasteiger partial charge in [-0.2, -0.15) is 0 Å². The summed E-state index contributed by atoms with van der Waals surface area (Å²) in [6.45, 7) is 4.41. The minimum atomic E-state index is -0.325. The van der Waals surface area contributed by atoms with Gasteiger partial charge in [0, 0.05) is 0 Å². The van der Waals surface area contributed by atoms with Crippen LogP contribution in [0.4, 0.5) is 0 Å². The molecule has 0 amide bonds. The Morgan fingerprint density at radius 2 is 1.64 bits per heavy atom. The van der Waals surface area contributed by atoms with Gasteiger partial charge in [-0.15, -0.1) is 0 Å².